The SMILES string of the molecule is COc1ccc([N+](=O)[O-])c(NCc2nncn2C)c1. The molecule has 1 N–H and O–H groups in total. The standard InChI is InChI=1S/C11H13N5O3/c1-15-7-13-14-11(15)6-12-9-5-8(19-2)3-4-10(9)16(17)18/h3-5,7,12H,6H2,1-2H3. The summed E-state index contributed by atoms with van der Waals surface area (Å²) in [4.78, 5) is 10.5. The van der Waals surface area contributed by atoms with Crippen molar-refractivity contribution in [3.05, 3.63) is 40.5 Å². The fraction of sp³-hybridized carbons (Fsp3) is 0.273. The van der Waals surface area contributed by atoms with Gasteiger partial charge >= 0.3 is 0 Å². The Morgan fingerprint density at radius 1 is 1.53 bits per heavy atom. The second-order valence-corrected chi connectivity index (χ2v) is 3.85. The minimum atomic E-state index is -0.446. The van der Waals surface area contributed by atoms with Crippen LogP contribution in [-0.2, 0) is 13.6 Å². The lowest BCUT2D eigenvalue weighted by atomic mass is 10.2. The van der Waals surface area contributed by atoms with Gasteiger partial charge in [0.05, 0.1) is 18.6 Å². The van der Waals surface area contributed by atoms with Crippen molar-refractivity contribution >= 4 is 11.4 Å². The van der Waals surface area contributed by atoms with E-state index in [2.05, 4.69) is 15.5 Å². The number of nitro benzene ring substituents is 1. The monoisotopic (exact) mass is 263 g/mol. The second kappa shape index (κ2) is 5.34. The molecule has 2 rings (SSSR count). The Morgan fingerprint density at radius 2 is 2.32 bits per heavy atom. The number of ether oxygens (including phenoxy) is 1. The summed E-state index contributed by atoms with van der Waals surface area (Å²) in [6, 6.07) is 4.53. The summed E-state index contributed by atoms with van der Waals surface area (Å²) >= 11 is 0. The summed E-state index contributed by atoms with van der Waals surface area (Å²) in [6.45, 7) is 0.338. The van der Waals surface area contributed by atoms with Crippen LogP contribution in [0.5, 0.6) is 5.75 Å². The molecule has 0 amide bonds. The molecule has 8 heteroatoms. The van der Waals surface area contributed by atoms with Crippen LogP contribution in [0.1, 0.15) is 5.82 Å². The van der Waals surface area contributed by atoms with E-state index in [1.54, 1.807) is 30.1 Å². The van der Waals surface area contributed by atoms with Crippen molar-refractivity contribution in [3.8, 4) is 5.75 Å². The van der Waals surface area contributed by atoms with Crippen LogP contribution in [0.15, 0.2) is 24.5 Å². The first-order valence-corrected chi connectivity index (χ1v) is 5.51. The number of aromatic nitrogens is 3. The summed E-state index contributed by atoms with van der Waals surface area (Å²) in [5.41, 5.74) is 0.371. The molecule has 0 saturated heterocycles. The third-order valence-corrected chi connectivity index (χ3v) is 2.64. The minimum Gasteiger partial charge on any atom is -0.497 e. The van der Waals surface area contributed by atoms with Gasteiger partial charge in [-0.25, -0.2) is 0 Å². The predicted molar refractivity (Wildman–Crippen MR) is 68.0 cm³/mol. The number of methoxy groups -OCH3 is 1. The van der Waals surface area contributed by atoms with Crippen molar-refractivity contribution in [3.63, 3.8) is 0 Å². The van der Waals surface area contributed by atoms with E-state index >= 15 is 0 Å². The first-order valence-electron chi connectivity index (χ1n) is 5.51. The van der Waals surface area contributed by atoms with Crippen LogP contribution >= 0.6 is 0 Å². The first kappa shape index (κ1) is 12.8. The lowest BCUT2D eigenvalue weighted by molar-refractivity contribution is -0.384. The summed E-state index contributed by atoms with van der Waals surface area (Å²) in [6.07, 6.45) is 1.57. The molecular weight excluding hydrogens is 250 g/mol. The number of anilines is 1. The molecule has 0 atom stereocenters. The highest BCUT2D eigenvalue weighted by atomic mass is 16.6. The van der Waals surface area contributed by atoms with Crippen molar-refractivity contribution < 1.29 is 9.66 Å². The van der Waals surface area contributed by atoms with E-state index < -0.39 is 4.92 Å². The molecule has 0 fully saturated rings. The van der Waals surface area contributed by atoms with Crippen molar-refractivity contribution in [2.24, 2.45) is 7.05 Å². The van der Waals surface area contributed by atoms with Crippen LogP contribution in [0, 0.1) is 10.1 Å². The van der Waals surface area contributed by atoms with Crippen molar-refractivity contribution in [2.75, 3.05) is 12.4 Å². The molecule has 0 bridgehead atoms. The highest BCUT2D eigenvalue weighted by Crippen LogP contribution is 2.28. The Kier molecular flexibility index (Phi) is 3.60. The number of nitro groups is 1. The van der Waals surface area contributed by atoms with Gasteiger partial charge in [-0.15, -0.1) is 10.2 Å². The third kappa shape index (κ3) is 2.79. The zero-order valence-electron chi connectivity index (χ0n) is 10.5. The van der Waals surface area contributed by atoms with Gasteiger partial charge < -0.3 is 14.6 Å². The molecule has 0 aliphatic heterocycles. The van der Waals surface area contributed by atoms with Gasteiger partial charge in [0.2, 0.25) is 0 Å². The number of rotatable bonds is 5. The van der Waals surface area contributed by atoms with Crippen LogP contribution in [0.3, 0.4) is 0 Å². The molecule has 0 saturated carbocycles. The van der Waals surface area contributed by atoms with Crippen LogP contribution in [0.4, 0.5) is 11.4 Å². The van der Waals surface area contributed by atoms with Gasteiger partial charge in [0.15, 0.2) is 5.82 Å². The zero-order chi connectivity index (χ0) is 13.8. The maximum absolute atomic E-state index is 10.9. The highest BCUT2D eigenvalue weighted by Gasteiger charge is 2.15. The molecule has 1 heterocycles. The van der Waals surface area contributed by atoms with Gasteiger partial charge in [-0.3, -0.25) is 10.1 Å². The molecule has 0 aliphatic rings. The van der Waals surface area contributed by atoms with Gasteiger partial charge in [-0.05, 0) is 6.07 Å². The van der Waals surface area contributed by atoms with E-state index in [0.717, 1.165) is 0 Å². The molecule has 100 valence electrons. The second-order valence-electron chi connectivity index (χ2n) is 3.85. The zero-order valence-corrected chi connectivity index (χ0v) is 10.5. The average Bonchev–Trinajstić information content (AvgIpc) is 2.81. The van der Waals surface area contributed by atoms with Crippen molar-refractivity contribution in [1.29, 1.82) is 0 Å². The van der Waals surface area contributed by atoms with Gasteiger partial charge in [0, 0.05) is 19.2 Å². The topological polar surface area (TPSA) is 95.1 Å². The Hall–Kier alpha value is -2.64. The Morgan fingerprint density at radius 3 is 2.89 bits per heavy atom. The number of benzene rings is 1. The average molecular weight is 263 g/mol. The lowest BCUT2D eigenvalue weighted by Crippen LogP contribution is -2.07. The smallest absolute Gasteiger partial charge is 0.292 e. The first-order chi connectivity index (χ1) is 9.11. The molecule has 0 aliphatic carbocycles. The maximum Gasteiger partial charge on any atom is 0.292 e. The Labute approximate surface area is 109 Å². The van der Waals surface area contributed by atoms with Crippen LogP contribution in [0.25, 0.3) is 0 Å². The predicted octanol–water partition coefficient (Wildman–Crippen LogP) is 1.34. The summed E-state index contributed by atoms with van der Waals surface area (Å²) in [5.74, 6) is 1.23. The number of nitrogens with zero attached hydrogens (tertiary/aromatic N) is 4. The van der Waals surface area contributed by atoms with E-state index in [4.69, 9.17) is 4.74 Å². The Balaban J connectivity index is 2.22. The molecule has 19 heavy (non-hydrogen) atoms. The largest absolute Gasteiger partial charge is 0.497 e. The Bertz CT molecular complexity index is 596. The van der Waals surface area contributed by atoms with Crippen LogP contribution in [-0.4, -0.2) is 26.8 Å². The maximum atomic E-state index is 10.9. The van der Waals surface area contributed by atoms with E-state index in [0.29, 0.717) is 23.8 Å². The minimum absolute atomic E-state index is 0.0111. The summed E-state index contributed by atoms with van der Waals surface area (Å²) < 4.78 is 6.79. The molecule has 0 spiro atoms. The molecule has 1 aromatic heterocycles. The molecule has 1 aromatic carbocycles. The number of hydrogen-bond donors (Lipinski definition) is 1. The molecule has 2 aromatic rings. The number of nitrogens with one attached hydrogen (secondary N) is 1. The normalized spacial score (nSPS) is 10.2. The fourth-order valence-electron chi connectivity index (χ4n) is 1.58. The van der Waals surface area contributed by atoms with Gasteiger partial charge in [-0.1, -0.05) is 0 Å². The molecule has 0 radical (unpaired) electrons. The van der Waals surface area contributed by atoms with Gasteiger partial charge in [-0.2, -0.15) is 0 Å². The van der Waals surface area contributed by atoms with Gasteiger partial charge in [0.1, 0.15) is 17.8 Å². The van der Waals surface area contributed by atoms with Gasteiger partial charge in [0.25, 0.3) is 5.69 Å². The molecular formula is C11H13N5O3. The van der Waals surface area contributed by atoms with Crippen molar-refractivity contribution in [2.45, 2.75) is 6.54 Å². The van der Waals surface area contributed by atoms with Crippen molar-refractivity contribution in [1.82, 2.24) is 14.8 Å². The van der Waals surface area contributed by atoms with E-state index in [1.807, 2.05) is 0 Å². The van der Waals surface area contributed by atoms with E-state index in [1.165, 1.54) is 13.2 Å². The van der Waals surface area contributed by atoms with Crippen LogP contribution < -0.4 is 10.1 Å². The lowest BCUT2D eigenvalue weighted by Gasteiger charge is -2.08. The summed E-state index contributed by atoms with van der Waals surface area (Å²) in [5, 5.41) is 21.5. The van der Waals surface area contributed by atoms with Crippen LogP contribution in [0.2, 0.25) is 0 Å². The third-order valence-electron chi connectivity index (χ3n) is 2.64. The van der Waals surface area contributed by atoms with E-state index in [-0.39, 0.29) is 5.69 Å². The number of aryl methyl sites for hydroxylation is 1. The summed E-state index contributed by atoms with van der Waals surface area (Å²) in [7, 11) is 3.31. The van der Waals surface area contributed by atoms with E-state index in [9.17, 15) is 10.1 Å². The number of hydrogen-bond acceptors (Lipinski definition) is 6. The molecule has 0 unspecified atom stereocenters. The fourth-order valence-corrected chi connectivity index (χ4v) is 1.58. The highest BCUT2D eigenvalue weighted by molar-refractivity contribution is 5.64. The quantitative estimate of drug-likeness (QED) is 0.646. The molecule has 8 nitrogen and oxygen atoms in total.